The summed E-state index contributed by atoms with van der Waals surface area (Å²) in [5, 5.41) is 15.4. The molecular formula is C14H12N2OS. The SMILES string of the molecule is C/C(=N/O)c1ccc2c(c1)Nc1ccccc1S2. The van der Waals surface area contributed by atoms with Crippen molar-refractivity contribution in [1.29, 1.82) is 0 Å². The quantitative estimate of drug-likeness (QED) is 0.391. The number of fused-ring (bicyclic) bond motifs is 2. The van der Waals surface area contributed by atoms with Crippen LogP contribution in [0.25, 0.3) is 0 Å². The average molecular weight is 256 g/mol. The minimum Gasteiger partial charge on any atom is -0.411 e. The fourth-order valence-corrected chi connectivity index (χ4v) is 2.89. The molecule has 0 saturated heterocycles. The minimum atomic E-state index is 0.614. The summed E-state index contributed by atoms with van der Waals surface area (Å²) >= 11 is 1.75. The van der Waals surface area contributed by atoms with Gasteiger partial charge in [0.15, 0.2) is 0 Å². The normalized spacial score (nSPS) is 13.5. The molecule has 2 aromatic rings. The summed E-state index contributed by atoms with van der Waals surface area (Å²) in [6.07, 6.45) is 0. The maximum atomic E-state index is 8.81. The number of oxime groups is 1. The van der Waals surface area contributed by atoms with Gasteiger partial charge in [-0.2, -0.15) is 0 Å². The van der Waals surface area contributed by atoms with Crippen LogP contribution in [-0.2, 0) is 0 Å². The number of hydrogen-bond donors (Lipinski definition) is 2. The lowest BCUT2D eigenvalue weighted by Crippen LogP contribution is -2.02. The zero-order valence-corrected chi connectivity index (χ0v) is 10.7. The lowest BCUT2D eigenvalue weighted by molar-refractivity contribution is 0.319. The summed E-state index contributed by atoms with van der Waals surface area (Å²) in [6, 6.07) is 14.2. The van der Waals surface area contributed by atoms with Crippen molar-refractivity contribution in [3.8, 4) is 0 Å². The third kappa shape index (κ3) is 1.84. The summed E-state index contributed by atoms with van der Waals surface area (Å²) in [7, 11) is 0. The van der Waals surface area contributed by atoms with E-state index in [1.807, 2.05) is 30.3 Å². The highest BCUT2D eigenvalue weighted by Gasteiger charge is 2.15. The van der Waals surface area contributed by atoms with E-state index >= 15 is 0 Å². The van der Waals surface area contributed by atoms with E-state index in [0.29, 0.717) is 5.71 Å². The molecule has 3 rings (SSSR count). The van der Waals surface area contributed by atoms with Gasteiger partial charge in [0.25, 0.3) is 0 Å². The topological polar surface area (TPSA) is 44.6 Å². The molecule has 0 radical (unpaired) electrons. The number of benzene rings is 2. The van der Waals surface area contributed by atoms with Crippen molar-refractivity contribution in [2.24, 2.45) is 5.16 Å². The third-order valence-corrected chi connectivity index (χ3v) is 4.08. The highest BCUT2D eigenvalue weighted by Crippen LogP contribution is 2.44. The van der Waals surface area contributed by atoms with E-state index in [4.69, 9.17) is 5.21 Å². The van der Waals surface area contributed by atoms with Crippen LogP contribution < -0.4 is 5.32 Å². The molecule has 90 valence electrons. The van der Waals surface area contributed by atoms with Crippen molar-refractivity contribution in [1.82, 2.24) is 0 Å². The molecule has 0 saturated carbocycles. The number of nitrogens with one attached hydrogen (secondary N) is 1. The van der Waals surface area contributed by atoms with E-state index < -0.39 is 0 Å². The summed E-state index contributed by atoms with van der Waals surface area (Å²) < 4.78 is 0. The Balaban J connectivity index is 2.03. The number of anilines is 2. The molecule has 0 amide bonds. The first-order chi connectivity index (χ1) is 8.78. The molecule has 0 fully saturated rings. The number of nitrogens with zero attached hydrogens (tertiary/aromatic N) is 1. The molecule has 1 aliphatic heterocycles. The van der Waals surface area contributed by atoms with Gasteiger partial charge in [0.05, 0.1) is 17.1 Å². The molecule has 2 N–H and O–H groups in total. The van der Waals surface area contributed by atoms with Gasteiger partial charge < -0.3 is 10.5 Å². The highest BCUT2D eigenvalue weighted by molar-refractivity contribution is 7.99. The van der Waals surface area contributed by atoms with Gasteiger partial charge in [-0.15, -0.1) is 0 Å². The second kappa shape index (κ2) is 4.38. The summed E-state index contributed by atoms with van der Waals surface area (Å²) in [5.74, 6) is 0. The Morgan fingerprint density at radius 1 is 1.11 bits per heavy atom. The Bertz CT molecular complexity index is 637. The van der Waals surface area contributed by atoms with Crippen molar-refractivity contribution >= 4 is 28.8 Å². The van der Waals surface area contributed by atoms with Crippen LogP contribution in [0.3, 0.4) is 0 Å². The first kappa shape index (κ1) is 11.2. The van der Waals surface area contributed by atoms with Crippen LogP contribution in [0, 0.1) is 0 Å². The second-order valence-electron chi connectivity index (χ2n) is 4.12. The summed E-state index contributed by atoms with van der Waals surface area (Å²) in [4.78, 5) is 2.41. The van der Waals surface area contributed by atoms with E-state index in [-0.39, 0.29) is 0 Å². The Kier molecular flexibility index (Phi) is 2.72. The van der Waals surface area contributed by atoms with E-state index in [1.54, 1.807) is 18.7 Å². The average Bonchev–Trinajstić information content (AvgIpc) is 2.43. The smallest absolute Gasteiger partial charge is 0.0837 e. The van der Waals surface area contributed by atoms with Crippen molar-refractivity contribution in [2.45, 2.75) is 16.7 Å². The molecule has 0 aromatic heterocycles. The lowest BCUT2D eigenvalue weighted by Gasteiger charge is -2.21. The van der Waals surface area contributed by atoms with Crippen LogP contribution in [0.15, 0.2) is 57.4 Å². The van der Waals surface area contributed by atoms with Crippen LogP contribution in [0.5, 0.6) is 0 Å². The standard InChI is InChI=1S/C14H12N2OS/c1-9(16-17)10-6-7-14-12(8-10)15-11-4-2-3-5-13(11)18-14/h2-8,15,17H,1H3/b16-9-. The molecule has 1 aliphatic rings. The molecule has 1 heterocycles. The zero-order chi connectivity index (χ0) is 12.5. The predicted octanol–water partition coefficient (Wildman–Crippen LogP) is 4.09. The summed E-state index contributed by atoms with van der Waals surface area (Å²) in [6.45, 7) is 1.78. The van der Waals surface area contributed by atoms with Gasteiger partial charge in [-0.3, -0.25) is 0 Å². The Hall–Kier alpha value is -1.94. The van der Waals surface area contributed by atoms with Crippen molar-refractivity contribution in [3.05, 3.63) is 48.0 Å². The van der Waals surface area contributed by atoms with Gasteiger partial charge in [-0.1, -0.05) is 35.1 Å². The Labute approximate surface area is 110 Å². The van der Waals surface area contributed by atoms with Gasteiger partial charge in [0.2, 0.25) is 0 Å². The maximum absolute atomic E-state index is 8.81. The molecule has 4 heteroatoms. The molecule has 0 atom stereocenters. The van der Waals surface area contributed by atoms with Crippen LogP contribution in [-0.4, -0.2) is 10.9 Å². The maximum Gasteiger partial charge on any atom is 0.0837 e. The van der Waals surface area contributed by atoms with Crippen molar-refractivity contribution < 1.29 is 5.21 Å². The summed E-state index contributed by atoms with van der Waals surface area (Å²) in [5.41, 5.74) is 3.71. The second-order valence-corrected chi connectivity index (χ2v) is 5.20. The van der Waals surface area contributed by atoms with Crippen molar-refractivity contribution in [3.63, 3.8) is 0 Å². The number of rotatable bonds is 1. The van der Waals surface area contributed by atoms with Crippen LogP contribution >= 0.6 is 11.8 Å². The van der Waals surface area contributed by atoms with E-state index in [9.17, 15) is 0 Å². The van der Waals surface area contributed by atoms with Gasteiger partial charge in [-0.25, -0.2) is 0 Å². The van der Waals surface area contributed by atoms with Crippen LogP contribution in [0.2, 0.25) is 0 Å². The Morgan fingerprint density at radius 3 is 2.72 bits per heavy atom. The van der Waals surface area contributed by atoms with Crippen LogP contribution in [0.4, 0.5) is 11.4 Å². The first-order valence-corrected chi connectivity index (χ1v) is 6.46. The lowest BCUT2D eigenvalue weighted by atomic mass is 10.1. The predicted molar refractivity (Wildman–Crippen MR) is 74.3 cm³/mol. The molecule has 0 bridgehead atoms. The molecule has 0 spiro atoms. The van der Waals surface area contributed by atoms with E-state index in [0.717, 1.165) is 16.9 Å². The molecule has 3 nitrogen and oxygen atoms in total. The third-order valence-electron chi connectivity index (χ3n) is 2.92. The first-order valence-electron chi connectivity index (χ1n) is 5.65. The molecule has 2 aromatic carbocycles. The van der Waals surface area contributed by atoms with Gasteiger partial charge in [0, 0.05) is 15.4 Å². The molecular weight excluding hydrogens is 244 g/mol. The fourth-order valence-electron chi connectivity index (χ4n) is 1.92. The largest absolute Gasteiger partial charge is 0.411 e. The van der Waals surface area contributed by atoms with E-state index in [2.05, 4.69) is 22.6 Å². The van der Waals surface area contributed by atoms with Crippen molar-refractivity contribution in [2.75, 3.05) is 5.32 Å². The monoisotopic (exact) mass is 256 g/mol. The minimum absolute atomic E-state index is 0.614. The number of hydrogen-bond acceptors (Lipinski definition) is 4. The Morgan fingerprint density at radius 2 is 1.89 bits per heavy atom. The van der Waals surface area contributed by atoms with E-state index in [1.165, 1.54) is 9.79 Å². The van der Waals surface area contributed by atoms with Crippen LogP contribution in [0.1, 0.15) is 12.5 Å². The molecule has 18 heavy (non-hydrogen) atoms. The van der Waals surface area contributed by atoms with Gasteiger partial charge in [0.1, 0.15) is 0 Å². The molecule has 0 unspecified atom stereocenters. The number of para-hydroxylation sites is 1. The fraction of sp³-hybridized carbons (Fsp3) is 0.0714. The molecule has 0 aliphatic carbocycles. The highest BCUT2D eigenvalue weighted by atomic mass is 32.2. The zero-order valence-electron chi connectivity index (χ0n) is 9.84. The van der Waals surface area contributed by atoms with Gasteiger partial charge >= 0.3 is 0 Å². The van der Waals surface area contributed by atoms with Gasteiger partial charge in [-0.05, 0) is 31.2 Å².